The van der Waals surface area contributed by atoms with Gasteiger partial charge < -0.3 is 4.57 Å². The van der Waals surface area contributed by atoms with Crippen molar-refractivity contribution in [2.75, 3.05) is 0 Å². The summed E-state index contributed by atoms with van der Waals surface area (Å²) in [7, 11) is 4.11. The summed E-state index contributed by atoms with van der Waals surface area (Å²) in [6, 6.07) is 10.6. The van der Waals surface area contributed by atoms with Gasteiger partial charge in [-0.25, -0.2) is 13.5 Å². The molecule has 36 heavy (non-hydrogen) atoms. The van der Waals surface area contributed by atoms with Gasteiger partial charge in [-0.1, -0.05) is 59.5 Å². The highest BCUT2D eigenvalue weighted by atomic mass is 31.0. The standard InChI is InChI=1S/C28H34F2N5P/c1-18-25(34(5)33-32-18)20-14-23-24(31-15-20)22(19-6-8-21(9-7-19)26(2,3)4)16-35(23)17-27(29)10-12-28(30,36)13-11-27/h6-9,14-16H,10-13,17,36H2,1-5H3. The second-order valence-corrected chi connectivity index (χ2v) is 12.5. The average molecular weight is 510 g/mol. The molecule has 8 heteroatoms. The number of hydrogen-bond donors (Lipinski definition) is 0. The van der Waals surface area contributed by atoms with Gasteiger partial charge in [0.05, 0.1) is 29.0 Å². The monoisotopic (exact) mass is 509 g/mol. The molecule has 1 aromatic carbocycles. The van der Waals surface area contributed by atoms with Crippen LogP contribution in [0.3, 0.4) is 0 Å². The van der Waals surface area contributed by atoms with Crippen molar-refractivity contribution >= 4 is 20.3 Å². The van der Waals surface area contributed by atoms with Gasteiger partial charge in [-0.3, -0.25) is 4.98 Å². The molecule has 1 atom stereocenters. The number of benzene rings is 1. The second kappa shape index (κ2) is 8.72. The largest absolute Gasteiger partial charge is 0.342 e. The molecule has 3 aromatic heterocycles. The molecule has 1 aliphatic carbocycles. The van der Waals surface area contributed by atoms with Crippen molar-refractivity contribution in [3.8, 4) is 22.4 Å². The Balaban J connectivity index is 1.61. The minimum absolute atomic E-state index is 0.0550. The number of nitrogens with zero attached hydrogens (tertiary/aromatic N) is 5. The molecule has 0 saturated heterocycles. The van der Waals surface area contributed by atoms with Crippen LogP contribution in [0.1, 0.15) is 57.7 Å². The fraction of sp³-hybridized carbons (Fsp3) is 0.464. The number of halogens is 2. The third-order valence-electron chi connectivity index (χ3n) is 7.48. The van der Waals surface area contributed by atoms with Crippen LogP contribution in [0.5, 0.6) is 0 Å². The third kappa shape index (κ3) is 4.70. The van der Waals surface area contributed by atoms with Gasteiger partial charge >= 0.3 is 0 Å². The van der Waals surface area contributed by atoms with E-state index in [1.165, 1.54) is 5.56 Å². The van der Waals surface area contributed by atoms with Gasteiger partial charge in [0.2, 0.25) is 0 Å². The molecule has 0 N–H and O–H groups in total. The van der Waals surface area contributed by atoms with E-state index in [2.05, 4.69) is 64.6 Å². The zero-order valence-corrected chi connectivity index (χ0v) is 22.8. The summed E-state index contributed by atoms with van der Waals surface area (Å²) in [4.78, 5) is 4.85. The van der Waals surface area contributed by atoms with Crippen molar-refractivity contribution < 1.29 is 8.78 Å². The van der Waals surface area contributed by atoms with Crippen molar-refractivity contribution in [3.05, 3.63) is 54.0 Å². The van der Waals surface area contributed by atoms with Gasteiger partial charge in [0, 0.05) is 30.6 Å². The van der Waals surface area contributed by atoms with Gasteiger partial charge in [0.1, 0.15) is 11.1 Å². The second-order valence-electron chi connectivity index (χ2n) is 11.4. The van der Waals surface area contributed by atoms with Crippen LogP contribution in [-0.2, 0) is 19.0 Å². The molecule has 0 radical (unpaired) electrons. The minimum atomic E-state index is -1.47. The normalized spacial score (nSPS) is 22.9. The van der Waals surface area contributed by atoms with Gasteiger partial charge in [-0.2, -0.15) is 0 Å². The van der Waals surface area contributed by atoms with Crippen LogP contribution in [0, 0.1) is 6.92 Å². The highest BCUT2D eigenvalue weighted by Gasteiger charge is 2.41. The maximum absolute atomic E-state index is 16.0. The average Bonchev–Trinajstić information content (AvgIpc) is 3.34. The Labute approximate surface area is 213 Å². The molecule has 0 bridgehead atoms. The lowest BCUT2D eigenvalue weighted by Crippen LogP contribution is -2.37. The number of pyridine rings is 1. The molecule has 1 saturated carbocycles. The minimum Gasteiger partial charge on any atom is -0.342 e. The molecule has 1 unspecified atom stereocenters. The highest BCUT2D eigenvalue weighted by Crippen LogP contribution is 2.45. The Morgan fingerprint density at radius 2 is 1.69 bits per heavy atom. The van der Waals surface area contributed by atoms with E-state index in [0.717, 1.165) is 39.1 Å². The summed E-state index contributed by atoms with van der Waals surface area (Å²) in [6.07, 6.45) is 4.64. The van der Waals surface area contributed by atoms with E-state index in [1.54, 1.807) is 4.68 Å². The molecule has 1 fully saturated rings. The first-order valence-electron chi connectivity index (χ1n) is 12.5. The Morgan fingerprint density at radius 1 is 1.03 bits per heavy atom. The number of aryl methyl sites for hydroxylation is 2. The molecule has 5 nitrogen and oxygen atoms in total. The van der Waals surface area contributed by atoms with E-state index in [0.29, 0.717) is 0 Å². The summed E-state index contributed by atoms with van der Waals surface area (Å²) in [6.45, 7) is 8.66. The van der Waals surface area contributed by atoms with Crippen LogP contribution in [-0.4, -0.2) is 35.6 Å². The first-order chi connectivity index (χ1) is 16.9. The Kier molecular flexibility index (Phi) is 6.06. The maximum Gasteiger partial charge on any atom is 0.129 e. The SMILES string of the molecule is Cc1nnn(C)c1-c1cnc2c(-c3ccc(C(C)(C)C)cc3)cn(CC3(F)CCC(F)(P)CC3)c2c1. The van der Waals surface area contributed by atoms with E-state index in [4.69, 9.17) is 4.98 Å². The molecule has 190 valence electrons. The number of rotatable bonds is 4. The summed E-state index contributed by atoms with van der Waals surface area (Å²) in [5.74, 6) is 0. The fourth-order valence-electron chi connectivity index (χ4n) is 5.22. The van der Waals surface area contributed by atoms with Crippen LogP contribution in [0.25, 0.3) is 33.4 Å². The summed E-state index contributed by atoms with van der Waals surface area (Å²) >= 11 is 0. The molecule has 4 aromatic rings. The predicted octanol–water partition coefficient (Wildman–Crippen LogP) is 6.93. The zero-order chi connectivity index (χ0) is 25.9. The van der Waals surface area contributed by atoms with E-state index >= 15 is 4.39 Å². The van der Waals surface area contributed by atoms with Crippen molar-refractivity contribution in [1.29, 1.82) is 0 Å². The molecule has 3 heterocycles. The quantitative estimate of drug-likeness (QED) is 0.280. The molecule has 0 spiro atoms. The van der Waals surface area contributed by atoms with E-state index in [-0.39, 0.29) is 37.6 Å². The number of hydrogen-bond acceptors (Lipinski definition) is 3. The fourth-order valence-corrected chi connectivity index (χ4v) is 5.51. The lowest BCUT2D eigenvalue weighted by molar-refractivity contribution is 0.0430. The van der Waals surface area contributed by atoms with Crippen molar-refractivity contribution in [2.24, 2.45) is 7.05 Å². The van der Waals surface area contributed by atoms with Crippen LogP contribution in [0.4, 0.5) is 8.78 Å². The maximum atomic E-state index is 16.0. The summed E-state index contributed by atoms with van der Waals surface area (Å²) in [5.41, 5.74) is 6.08. The van der Waals surface area contributed by atoms with Gasteiger partial charge in [-0.05, 0) is 55.2 Å². The summed E-state index contributed by atoms with van der Waals surface area (Å²) < 4.78 is 34.1. The lowest BCUT2D eigenvalue weighted by atomic mass is 9.85. The van der Waals surface area contributed by atoms with Gasteiger partial charge in [0.15, 0.2) is 0 Å². The van der Waals surface area contributed by atoms with E-state index in [9.17, 15) is 4.39 Å². The van der Waals surface area contributed by atoms with Crippen molar-refractivity contribution in [2.45, 2.75) is 76.4 Å². The number of alkyl halides is 2. The zero-order valence-electron chi connectivity index (χ0n) is 21.6. The number of fused-ring (bicyclic) bond motifs is 1. The molecular weight excluding hydrogens is 475 g/mol. The van der Waals surface area contributed by atoms with Crippen LogP contribution in [0.2, 0.25) is 0 Å². The van der Waals surface area contributed by atoms with Gasteiger partial charge in [0.25, 0.3) is 0 Å². The Morgan fingerprint density at radius 3 is 2.28 bits per heavy atom. The lowest BCUT2D eigenvalue weighted by Gasteiger charge is -2.36. The summed E-state index contributed by atoms with van der Waals surface area (Å²) in [5, 5.41) is 6.94. The molecule has 0 aliphatic heterocycles. The van der Waals surface area contributed by atoms with E-state index < -0.39 is 11.1 Å². The Hall–Kier alpha value is -2.66. The molecular formula is C28H34F2N5P. The Bertz CT molecular complexity index is 1380. The van der Waals surface area contributed by atoms with Gasteiger partial charge in [-0.15, -0.1) is 5.10 Å². The van der Waals surface area contributed by atoms with Crippen molar-refractivity contribution in [1.82, 2.24) is 24.5 Å². The molecule has 1 aliphatic rings. The topological polar surface area (TPSA) is 48.5 Å². The smallest absolute Gasteiger partial charge is 0.129 e. The predicted molar refractivity (Wildman–Crippen MR) is 144 cm³/mol. The molecule has 0 amide bonds. The number of aromatic nitrogens is 5. The van der Waals surface area contributed by atoms with Crippen molar-refractivity contribution in [3.63, 3.8) is 0 Å². The first-order valence-corrected chi connectivity index (χ1v) is 13.1. The van der Waals surface area contributed by atoms with Crippen LogP contribution < -0.4 is 0 Å². The first kappa shape index (κ1) is 25.0. The van der Waals surface area contributed by atoms with E-state index in [1.807, 2.05) is 37.0 Å². The van der Waals surface area contributed by atoms with Crippen LogP contribution in [0.15, 0.2) is 42.7 Å². The highest BCUT2D eigenvalue weighted by molar-refractivity contribution is 7.18. The van der Waals surface area contributed by atoms with Crippen LogP contribution >= 0.6 is 9.24 Å². The third-order valence-corrected chi connectivity index (χ3v) is 8.06. The molecule has 5 rings (SSSR count).